The van der Waals surface area contributed by atoms with Crippen LogP contribution in [0.4, 0.5) is 0 Å². The highest BCUT2D eigenvalue weighted by atomic mass is 16.5. The molecule has 0 bridgehead atoms. The quantitative estimate of drug-likeness (QED) is 0.778. The van der Waals surface area contributed by atoms with Crippen LogP contribution in [0.3, 0.4) is 0 Å². The van der Waals surface area contributed by atoms with Crippen molar-refractivity contribution in [2.75, 3.05) is 6.54 Å². The molecule has 2 aliphatic rings. The summed E-state index contributed by atoms with van der Waals surface area (Å²) in [6, 6.07) is 0.587. The zero-order valence-electron chi connectivity index (χ0n) is 12.9. The van der Waals surface area contributed by atoms with Crippen LogP contribution in [0.15, 0.2) is 0 Å². The third-order valence-corrected chi connectivity index (χ3v) is 4.73. The molecule has 106 valence electrons. The lowest BCUT2D eigenvalue weighted by Crippen LogP contribution is -2.39. The molecule has 18 heavy (non-hydrogen) atoms. The van der Waals surface area contributed by atoms with Gasteiger partial charge in [-0.25, -0.2) is 0 Å². The standard InChI is InChI=1S/C16H31NO/c1-12(2)17-11-16(5,13-6-7-13)10-14-8-9-15(3,4)18-14/h12-14,17H,6-11H2,1-5H3. The maximum absolute atomic E-state index is 6.20. The summed E-state index contributed by atoms with van der Waals surface area (Å²) in [5.74, 6) is 0.927. The molecule has 2 rings (SSSR count). The fraction of sp³-hybridized carbons (Fsp3) is 1.00. The smallest absolute Gasteiger partial charge is 0.0631 e. The van der Waals surface area contributed by atoms with Crippen molar-refractivity contribution in [1.82, 2.24) is 5.32 Å². The van der Waals surface area contributed by atoms with Crippen LogP contribution in [0.2, 0.25) is 0 Å². The molecule has 0 spiro atoms. The van der Waals surface area contributed by atoms with Gasteiger partial charge < -0.3 is 10.1 Å². The Morgan fingerprint density at radius 3 is 2.39 bits per heavy atom. The molecule has 2 nitrogen and oxygen atoms in total. The summed E-state index contributed by atoms with van der Waals surface area (Å²) in [5.41, 5.74) is 0.552. The van der Waals surface area contributed by atoms with Crippen LogP contribution >= 0.6 is 0 Å². The van der Waals surface area contributed by atoms with E-state index >= 15 is 0 Å². The first-order valence-electron chi connectivity index (χ1n) is 7.72. The van der Waals surface area contributed by atoms with E-state index in [0.29, 0.717) is 17.6 Å². The van der Waals surface area contributed by atoms with Gasteiger partial charge in [-0.05, 0) is 57.3 Å². The van der Waals surface area contributed by atoms with Crippen LogP contribution in [0.5, 0.6) is 0 Å². The summed E-state index contributed by atoms with van der Waals surface area (Å²) >= 11 is 0. The van der Waals surface area contributed by atoms with E-state index in [1.54, 1.807) is 0 Å². The molecule has 2 unspecified atom stereocenters. The SMILES string of the molecule is CC(C)NCC(C)(CC1CCC(C)(C)O1)C1CC1. The molecule has 1 N–H and O–H groups in total. The lowest BCUT2D eigenvalue weighted by Gasteiger charge is -2.34. The number of hydrogen-bond acceptors (Lipinski definition) is 2. The molecule has 0 aromatic carbocycles. The zero-order valence-corrected chi connectivity index (χ0v) is 12.9. The van der Waals surface area contributed by atoms with Crippen LogP contribution in [0.1, 0.15) is 66.7 Å². The number of hydrogen-bond donors (Lipinski definition) is 1. The molecule has 1 saturated heterocycles. The second kappa shape index (κ2) is 5.13. The van der Waals surface area contributed by atoms with Crippen LogP contribution in [-0.4, -0.2) is 24.3 Å². The molecule has 0 amide bonds. The normalized spacial score (nSPS) is 30.7. The van der Waals surface area contributed by atoms with Gasteiger partial charge in [0.1, 0.15) is 0 Å². The van der Waals surface area contributed by atoms with Gasteiger partial charge in [0, 0.05) is 12.6 Å². The van der Waals surface area contributed by atoms with Gasteiger partial charge in [0.25, 0.3) is 0 Å². The molecule has 2 fully saturated rings. The van der Waals surface area contributed by atoms with Crippen molar-refractivity contribution in [1.29, 1.82) is 0 Å². The average molecular weight is 253 g/mol. The Hall–Kier alpha value is -0.0800. The number of rotatable bonds is 6. The molecular formula is C16H31NO. The van der Waals surface area contributed by atoms with E-state index in [1.807, 2.05) is 0 Å². The van der Waals surface area contributed by atoms with Crippen molar-refractivity contribution >= 4 is 0 Å². The minimum atomic E-state index is 0.112. The molecule has 1 aliphatic heterocycles. The minimum absolute atomic E-state index is 0.112. The predicted octanol–water partition coefficient (Wildman–Crippen LogP) is 3.75. The van der Waals surface area contributed by atoms with Gasteiger partial charge in [0.15, 0.2) is 0 Å². The second-order valence-corrected chi connectivity index (χ2v) is 7.71. The first-order chi connectivity index (χ1) is 8.31. The molecular weight excluding hydrogens is 222 g/mol. The van der Waals surface area contributed by atoms with Crippen LogP contribution in [-0.2, 0) is 4.74 Å². The molecule has 1 aliphatic carbocycles. The van der Waals surface area contributed by atoms with Gasteiger partial charge in [-0.3, -0.25) is 0 Å². The Morgan fingerprint density at radius 2 is 1.94 bits per heavy atom. The van der Waals surface area contributed by atoms with Gasteiger partial charge >= 0.3 is 0 Å². The number of nitrogens with one attached hydrogen (secondary N) is 1. The monoisotopic (exact) mass is 253 g/mol. The zero-order chi connectivity index (χ0) is 13.4. The third-order valence-electron chi connectivity index (χ3n) is 4.73. The van der Waals surface area contributed by atoms with E-state index in [1.165, 1.54) is 32.1 Å². The third kappa shape index (κ3) is 3.71. The Balaban J connectivity index is 1.90. The van der Waals surface area contributed by atoms with Gasteiger partial charge in [-0.15, -0.1) is 0 Å². The predicted molar refractivity (Wildman–Crippen MR) is 76.8 cm³/mol. The Kier molecular flexibility index (Phi) is 4.08. The summed E-state index contributed by atoms with van der Waals surface area (Å²) in [5, 5.41) is 3.65. The second-order valence-electron chi connectivity index (χ2n) is 7.71. The van der Waals surface area contributed by atoms with Gasteiger partial charge in [0.2, 0.25) is 0 Å². The molecule has 0 aromatic rings. The fourth-order valence-electron chi connectivity index (χ4n) is 3.34. The van der Waals surface area contributed by atoms with E-state index in [4.69, 9.17) is 4.74 Å². The Morgan fingerprint density at radius 1 is 1.28 bits per heavy atom. The van der Waals surface area contributed by atoms with Gasteiger partial charge in [0.05, 0.1) is 11.7 Å². The Labute approximate surface area is 113 Å². The molecule has 0 aromatic heterocycles. The number of ether oxygens (including phenoxy) is 1. The highest BCUT2D eigenvalue weighted by Gasteiger charge is 2.44. The summed E-state index contributed by atoms with van der Waals surface area (Å²) in [7, 11) is 0. The van der Waals surface area contributed by atoms with E-state index in [0.717, 1.165) is 12.5 Å². The van der Waals surface area contributed by atoms with Crippen molar-refractivity contribution in [3.8, 4) is 0 Å². The average Bonchev–Trinajstić information content (AvgIpc) is 3.03. The van der Waals surface area contributed by atoms with E-state index in [2.05, 4.69) is 39.9 Å². The summed E-state index contributed by atoms with van der Waals surface area (Å²) in [6.45, 7) is 12.6. The topological polar surface area (TPSA) is 21.3 Å². The molecule has 0 radical (unpaired) electrons. The highest BCUT2D eigenvalue weighted by molar-refractivity contribution is 4.96. The fourth-order valence-corrected chi connectivity index (χ4v) is 3.34. The van der Waals surface area contributed by atoms with Crippen molar-refractivity contribution in [3.05, 3.63) is 0 Å². The van der Waals surface area contributed by atoms with Crippen molar-refractivity contribution in [2.45, 2.75) is 84.5 Å². The first-order valence-corrected chi connectivity index (χ1v) is 7.72. The van der Waals surface area contributed by atoms with Crippen molar-refractivity contribution < 1.29 is 4.74 Å². The van der Waals surface area contributed by atoms with Gasteiger partial charge in [-0.1, -0.05) is 20.8 Å². The lowest BCUT2D eigenvalue weighted by molar-refractivity contribution is -0.0366. The molecule has 1 saturated carbocycles. The molecule has 2 heteroatoms. The van der Waals surface area contributed by atoms with Crippen molar-refractivity contribution in [3.63, 3.8) is 0 Å². The summed E-state index contributed by atoms with van der Waals surface area (Å²) in [4.78, 5) is 0. The van der Waals surface area contributed by atoms with E-state index in [9.17, 15) is 0 Å². The first kappa shape index (κ1) is 14.3. The maximum atomic E-state index is 6.20. The summed E-state index contributed by atoms with van der Waals surface area (Å²) < 4.78 is 6.20. The maximum Gasteiger partial charge on any atom is 0.0631 e. The lowest BCUT2D eigenvalue weighted by atomic mass is 9.78. The van der Waals surface area contributed by atoms with Crippen LogP contribution in [0.25, 0.3) is 0 Å². The van der Waals surface area contributed by atoms with Crippen molar-refractivity contribution in [2.24, 2.45) is 11.3 Å². The van der Waals surface area contributed by atoms with E-state index in [-0.39, 0.29) is 5.60 Å². The highest BCUT2D eigenvalue weighted by Crippen LogP contribution is 2.49. The van der Waals surface area contributed by atoms with Crippen LogP contribution in [0, 0.1) is 11.3 Å². The molecule has 1 heterocycles. The Bertz CT molecular complexity index is 283. The summed E-state index contributed by atoms with van der Waals surface area (Å²) in [6.07, 6.45) is 7.03. The van der Waals surface area contributed by atoms with E-state index < -0.39 is 0 Å². The molecule has 2 atom stereocenters. The minimum Gasteiger partial charge on any atom is -0.372 e. The van der Waals surface area contributed by atoms with Crippen LogP contribution < -0.4 is 5.32 Å². The van der Waals surface area contributed by atoms with Gasteiger partial charge in [-0.2, -0.15) is 0 Å². The largest absolute Gasteiger partial charge is 0.372 e.